The van der Waals surface area contributed by atoms with Crippen LogP contribution in [-0.4, -0.2) is 58.0 Å². The normalized spacial score (nSPS) is 14.2. The number of rotatable bonds is 13. The molecule has 0 bridgehead atoms. The van der Waals surface area contributed by atoms with Gasteiger partial charge in [-0.2, -0.15) is 0 Å². The fourth-order valence-corrected chi connectivity index (χ4v) is 6.72. The van der Waals surface area contributed by atoms with Crippen molar-refractivity contribution in [1.29, 1.82) is 0 Å². The van der Waals surface area contributed by atoms with E-state index < -0.39 is 28.5 Å². The van der Waals surface area contributed by atoms with Crippen molar-refractivity contribution in [2.75, 3.05) is 25.1 Å². The summed E-state index contributed by atoms with van der Waals surface area (Å²) in [5, 5.41) is 3.12. The molecule has 3 aromatic rings. The summed E-state index contributed by atoms with van der Waals surface area (Å²) in [6, 6.07) is 21.3. The number of amides is 2. The molecule has 0 saturated heterocycles. The second-order valence-electron chi connectivity index (χ2n) is 10.3. The number of sulfonamides is 1. The minimum absolute atomic E-state index is 0.0354. The van der Waals surface area contributed by atoms with Crippen LogP contribution in [0.2, 0.25) is 0 Å². The lowest BCUT2D eigenvalue weighted by Gasteiger charge is -2.34. The summed E-state index contributed by atoms with van der Waals surface area (Å²) >= 11 is 0. The Labute approximate surface area is 248 Å². The second-order valence-corrected chi connectivity index (χ2v) is 12.1. The van der Waals surface area contributed by atoms with Crippen LogP contribution >= 0.6 is 0 Å². The van der Waals surface area contributed by atoms with E-state index in [0.717, 1.165) is 35.6 Å². The van der Waals surface area contributed by atoms with Crippen LogP contribution < -0.4 is 19.1 Å². The number of ether oxygens (including phenoxy) is 2. The molecule has 0 heterocycles. The Kier molecular flexibility index (Phi) is 10.5. The highest BCUT2D eigenvalue weighted by atomic mass is 32.2. The standard InChI is InChI=1S/C32H39N3O6S/c1-4-28(32(37)33-25-15-11-12-16-25)34(22-24-13-7-5-8-14-24)31(36)23-35(42(38,39)27-17-9-6-10-18-27)26-19-20-29(40-2)30(21-26)41-3/h5-10,13-14,17-21,25,28H,4,11-12,15-16,22-23H2,1-3H3,(H,33,37). The Bertz CT molecular complexity index is 1440. The molecule has 10 heteroatoms. The van der Waals surface area contributed by atoms with Crippen LogP contribution in [0.15, 0.2) is 83.8 Å². The molecule has 1 saturated carbocycles. The average molecular weight is 594 g/mol. The summed E-state index contributed by atoms with van der Waals surface area (Å²) in [5.74, 6) is 0.0167. The quantitative estimate of drug-likeness (QED) is 0.306. The van der Waals surface area contributed by atoms with Crippen LogP contribution in [-0.2, 0) is 26.2 Å². The van der Waals surface area contributed by atoms with Crippen molar-refractivity contribution in [3.63, 3.8) is 0 Å². The third kappa shape index (κ3) is 7.23. The van der Waals surface area contributed by atoms with E-state index in [2.05, 4.69) is 5.32 Å². The predicted octanol–water partition coefficient (Wildman–Crippen LogP) is 4.77. The lowest BCUT2D eigenvalue weighted by Crippen LogP contribution is -2.53. The maximum absolute atomic E-state index is 14.2. The van der Waals surface area contributed by atoms with E-state index in [-0.39, 0.29) is 29.1 Å². The van der Waals surface area contributed by atoms with Gasteiger partial charge in [-0.3, -0.25) is 13.9 Å². The van der Waals surface area contributed by atoms with Crippen LogP contribution in [0.1, 0.15) is 44.6 Å². The summed E-state index contributed by atoms with van der Waals surface area (Å²) in [6.45, 7) is 1.49. The predicted molar refractivity (Wildman–Crippen MR) is 162 cm³/mol. The van der Waals surface area contributed by atoms with E-state index in [9.17, 15) is 18.0 Å². The zero-order valence-corrected chi connectivity index (χ0v) is 25.2. The first kappa shape index (κ1) is 30.9. The zero-order valence-electron chi connectivity index (χ0n) is 24.4. The van der Waals surface area contributed by atoms with Gasteiger partial charge in [-0.25, -0.2) is 8.42 Å². The van der Waals surface area contributed by atoms with Gasteiger partial charge >= 0.3 is 0 Å². The van der Waals surface area contributed by atoms with Gasteiger partial charge in [0, 0.05) is 18.7 Å². The molecule has 9 nitrogen and oxygen atoms in total. The first-order valence-corrected chi connectivity index (χ1v) is 15.7. The Morgan fingerprint density at radius 1 is 0.905 bits per heavy atom. The van der Waals surface area contributed by atoms with Gasteiger partial charge < -0.3 is 19.7 Å². The molecule has 1 unspecified atom stereocenters. The lowest BCUT2D eigenvalue weighted by atomic mass is 10.1. The van der Waals surface area contributed by atoms with E-state index in [1.807, 2.05) is 37.3 Å². The monoisotopic (exact) mass is 593 g/mol. The van der Waals surface area contributed by atoms with E-state index in [4.69, 9.17) is 9.47 Å². The number of methoxy groups -OCH3 is 2. The SMILES string of the molecule is CCC(C(=O)NC1CCCC1)N(Cc1ccccc1)C(=O)CN(c1ccc(OC)c(OC)c1)S(=O)(=O)c1ccccc1. The van der Waals surface area contributed by atoms with Gasteiger partial charge in [-0.15, -0.1) is 0 Å². The van der Waals surface area contributed by atoms with Crippen molar-refractivity contribution in [2.24, 2.45) is 0 Å². The Hall–Kier alpha value is -4.05. The molecule has 1 aliphatic rings. The Balaban J connectivity index is 1.73. The molecule has 0 spiro atoms. The molecule has 1 N–H and O–H groups in total. The fourth-order valence-electron chi connectivity index (χ4n) is 5.30. The highest BCUT2D eigenvalue weighted by Crippen LogP contribution is 2.34. The van der Waals surface area contributed by atoms with Gasteiger partial charge in [0.05, 0.1) is 24.8 Å². The summed E-state index contributed by atoms with van der Waals surface area (Å²) in [6.07, 6.45) is 4.32. The van der Waals surface area contributed by atoms with Crippen LogP contribution in [0.4, 0.5) is 5.69 Å². The van der Waals surface area contributed by atoms with E-state index >= 15 is 0 Å². The molecule has 2 amide bonds. The van der Waals surface area contributed by atoms with Crippen molar-refractivity contribution in [2.45, 2.75) is 62.6 Å². The van der Waals surface area contributed by atoms with Gasteiger partial charge in [0.2, 0.25) is 11.8 Å². The summed E-state index contributed by atoms with van der Waals surface area (Å²) in [7, 11) is -1.24. The number of hydrogen-bond donors (Lipinski definition) is 1. The molecular formula is C32H39N3O6S. The minimum Gasteiger partial charge on any atom is -0.493 e. The number of benzene rings is 3. The van der Waals surface area contributed by atoms with Crippen molar-refractivity contribution >= 4 is 27.5 Å². The smallest absolute Gasteiger partial charge is 0.264 e. The molecule has 4 rings (SSSR count). The van der Waals surface area contributed by atoms with E-state index in [1.165, 1.54) is 37.3 Å². The Morgan fingerprint density at radius 3 is 2.12 bits per heavy atom. The zero-order chi connectivity index (χ0) is 30.1. The number of nitrogens with one attached hydrogen (secondary N) is 1. The molecule has 0 aliphatic heterocycles. The van der Waals surface area contributed by atoms with Crippen molar-refractivity contribution in [3.8, 4) is 11.5 Å². The molecule has 0 aromatic heterocycles. The topological polar surface area (TPSA) is 105 Å². The van der Waals surface area contributed by atoms with Gasteiger partial charge in [0.25, 0.3) is 10.0 Å². The molecule has 224 valence electrons. The molecule has 3 aromatic carbocycles. The molecule has 1 atom stereocenters. The van der Waals surface area contributed by atoms with E-state index in [1.54, 1.807) is 30.3 Å². The summed E-state index contributed by atoms with van der Waals surface area (Å²) < 4.78 is 39.9. The third-order valence-electron chi connectivity index (χ3n) is 7.55. The Morgan fingerprint density at radius 2 is 1.52 bits per heavy atom. The average Bonchev–Trinajstić information content (AvgIpc) is 3.53. The molecule has 1 fully saturated rings. The largest absolute Gasteiger partial charge is 0.493 e. The highest BCUT2D eigenvalue weighted by molar-refractivity contribution is 7.92. The van der Waals surface area contributed by atoms with Gasteiger partial charge in [-0.05, 0) is 49.1 Å². The van der Waals surface area contributed by atoms with Crippen LogP contribution in [0.25, 0.3) is 0 Å². The maximum Gasteiger partial charge on any atom is 0.264 e. The van der Waals surface area contributed by atoms with Gasteiger partial charge in [-0.1, -0.05) is 68.3 Å². The second kappa shape index (κ2) is 14.2. The number of carbonyl (C=O) groups excluding carboxylic acids is 2. The fraction of sp³-hybridized carbons (Fsp3) is 0.375. The first-order valence-electron chi connectivity index (χ1n) is 14.2. The third-order valence-corrected chi connectivity index (χ3v) is 9.34. The minimum atomic E-state index is -4.18. The number of anilines is 1. The van der Waals surface area contributed by atoms with Gasteiger partial charge in [0.1, 0.15) is 12.6 Å². The molecule has 42 heavy (non-hydrogen) atoms. The van der Waals surface area contributed by atoms with Crippen molar-refractivity contribution < 1.29 is 27.5 Å². The van der Waals surface area contributed by atoms with E-state index in [0.29, 0.717) is 17.9 Å². The summed E-state index contributed by atoms with van der Waals surface area (Å²) in [5.41, 5.74) is 1.06. The first-order chi connectivity index (χ1) is 20.3. The number of carbonyl (C=O) groups is 2. The molecule has 0 radical (unpaired) electrons. The molecule has 1 aliphatic carbocycles. The highest BCUT2D eigenvalue weighted by Gasteiger charge is 2.34. The maximum atomic E-state index is 14.2. The van der Waals surface area contributed by atoms with Crippen molar-refractivity contribution in [1.82, 2.24) is 10.2 Å². The van der Waals surface area contributed by atoms with Crippen molar-refractivity contribution in [3.05, 3.63) is 84.4 Å². The number of nitrogens with zero attached hydrogens (tertiary/aromatic N) is 2. The summed E-state index contributed by atoms with van der Waals surface area (Å²) in [4.78, 5) is 29.3. The molecular weight excluding hydrogens is 554 g/mol. The van der Waals surface area contributed by atoms with Crippen LogP contribution in [0.3, 0.4) is 0 Å². The van der Waals surface area contributed by atoms with Gasteiger partial charge in [0.15, 0.2) is 11.5 Å². The van der Waals surface area contributed by atoms with Crippen LogP contribution in [0.5, 0.6) is 11.5 Å². The van der Waals surface area contributed by atoms with Crippen LogP contribution in [0, 0.1) is 0 Å². The lowest BCUT2D eigenvalue weighted by molar-refractivity contribution is -0.140. The number of hydrogen-bond acceptors (Lipinski definition) is 6.